The van der Waals surface area contributed by atoms with Crippen molar-refractivity contribution in [3.05, 3.63) is 41.8 Å². The number of carbonyl (C=O) groups is 1. The van der Waals surface area contributed by atoms with Gasteiger partial charge >= 0.3 is 6.09 Å². The van der Waals surface area contributed by atoms with Crippen LogP contribution >= 0.6 is 23.3 Å². The van der Waals surface area contributed by atoms with E-state index in [4.69, 9.17) is 9.72 Å². The van der Waals surface area contributed by atoms with Crippen LogP contribution in [0, 0.1) is 0 Å². The number of carbonyl (C=O) groups excluding carboxylic acids is 1. The molecule has 1 amide bonds. The highest BCUT2D eigenvalue weighted by atomic mass is 32.2. The first-order valence-electron chi connectivity index (χ1n) is 13.1. The summed E-state index contributed by atoms with van der Waals surface area (Å²) >= 11 is 3.42. The molecule has 200 valence electrons. The summed E-state index contributed by atoms with van der Waals surface area (Å²) in [6, 6.07) is 6.96. The van der Waals surface area contributed by atoms with Gasteiger partial charge in [-0.25, -0.2) is 14.8 Å². The van der Waals surface area contributed by atoms with E-state index in [1.807, 2.05) is 32.4 Å². The maximum Gasteiger partial charge on any atom is 0.407 e. The molecule has 0 atom stereocenters. The summed E-state index contributed by atoms with van der Waals surface area (Å²) in [6.45, 7) is 11.0. The number of nitrogens with one attached hydrogen (secondary N) is 3. The molecule has 4 rings (SSSR count). The van der Waals surface area contributed by atoms with Gasteiger partial charge in [-0.15, -0.1) is 11.3 Å². The van der Waals surface area contributed by atoms with Crippen LogP contribution in [0.15, 0.2) is 41.7 Å². The number of imidazole rings is 1. The number of rotatable bonds is 10. The Morgan fingerprint density at radius 3 is 2.68 bits per heavy atom. The summed E-state index contributed by atoms with van der Waals surface area (Å²) in [5, 5.41) is 7.66. The summed E-state index contributed by atoms with van der Waals surface area (Å²) in [5.41, 5.74) is 2.18. The molecule has 3 aromatic rings. The lowest BCUT2D eigenvalue weighted by molar-refractivity contribution is 0.109. The molecule has 8 nitrogen and oxygen atoms in total. The van der Waals surface area contributed by atoms with Crippen molar-refractivity contribution in [1.29, 1.82) is 0 Å². The molecular weight excluding hydrogens is 504 g/mol. The van der Waals surface area contributed by atoms with Crippen LogP contribution in [0.3, 0.4) is 0 Å². The molecular formula is C27H38N6O2S2. The quantitative estimate of drug-likeness (QED) is 0.235. The lowest BCUT2D eigenvalue weighted by Gasteiger charge is -2.28. The summed E-state index contributed by atoms with van der Waals surface area (Å²) in [6.07, 6.45) is 9.34. The number of ether oxygens (including phenoxy) is 1. The van der Waals surface area contributed by atoms with E-state index in [2.05, 4.69) is 63.9 Å². The molecule has 10 heteroatoms. The van der Waals surface area contributed by atoms with Crippen LogP contribution in [0.5, 0.6) is 0 Å². The monoisotopic (exact) mass is 542 g/mol. The first-order valence-corrected chi connectivity index (χ1v) is 14.7. The molecule has 0 bridgehead atoms. The van der Waals surface area contributed by atoms with Crippen molar-refractivity contribution < 1.29 is 9.53 Å². The number of hydrogen-bond donors (Lipinski definition) is 3. The van der Waals surface area contributed by atoms with E-state index in [0.29, 0.717) is 12.0 Å². The second-order valence-electron chi connectivity index (χ2n) is 9.90. The number of hydrogen-bond acceptors (Lipinski definition) is 8. The number of anilines is 2. The number of alkyl carbamates (subject to hydrolysis) is 1. The average Bonchev–Trinajstić information content (AvgIpc) is 3.53. The lowest BCUT2D eigenvalue weighted by Crippen LogP contribution is -2.38. The van der Waals surface area contributed by atoms with Crippen molar-refractivity contribution in [2.75, 3.05) is 11.9 Å². The molecule has 0 spiro atoms. The molecule has 37 heavy (non-hydrogen) atoms. The van der Waals surface area contributed by atoms with Crippen LogP contribution in [0.2, 0.25) is 0 Å². The van der Waals surface area contributed by atoms with Crippen molar-refractivity contribution in [3.8, 4) is 10.4 Å². The fraction of sp³-hybridized carbons (Fsp3) is 0.519. The van der Waals surface area contributed by atoms with Gasteiger partial charge in [0.2, 0.25) is 5.95 Å². The Labute approximate surface area is 228 Å². The van der Waals surface area contributed by atoms with Gasteiger partial charge in [-0.3, -0.25) is 4.72 Å². The number of benzene rings is 1. The second-order valence-corrected chi connectivity index (χ2v) is 11.9. The highest BCUT2D eigenvalue weighted by Gasteiger charge is 2.26. The van der Waals surface area contributed by atoms with E-state index in [0.717, 1.165) is 48.8 Å². The maximum absolute atomic E-state index is 11.9. The molecule has 0 radical (unpaired) electrons. The van der Waals surface area contributed by atoms with E-state index in [1.165, 1.54) is 15.4 Å². The van der Waals surface area contributed by atoms with Crippen molar-refractivity contribution in [3.63, 3.8) is 0 Å². The smallest absolute Gasteiger partial charge is 0.407 e. The normalized spacial score (nSPS) is 17.8. The Balaban J connectivity index is 1.45. The minimum Gasteiger partial charge on any atom is -0.447 e. The van der Waals surface area contributed by atoms with Gasteiger partial charge in [0.25, 0.3) is 0 Å². The predicted octanol–water partition coefficient (Wildman–Crippen LogP) is 7.11. The third-order valence-corrected chi connectivity index (χ3v) is 8.50. The molecule has 1 saturated carbocycles. The molecule has 3 N–H and O–H groups in total. The molecule has 1 aliphatic carbocycles. The van der Waals surface area contributed by atoms with Crippen LogP contribution < -0.4 is 15.4 Å². The molecule has 1 fully saturated rings. The van der Waals surface area contributed by atoms with Crippen molar-refractivity contribution in [1.82, 2.24) is 24.6 Å². The highest BCUT2D eigenvalue weighted by molar-refractivity contribution is 7.97. The molecule has 2 aromatic heterocycles. The Morgan fingerprint density at radius 2 is 1.97 bits per heavy atom. The topological polar surface area (TPSA) is 93.1 Å². The molecule has 0 unspecified atom stereocenters. The average molecular weight is 543 g/mol. The van der Waals surface area contributed by atoms with Crippen LogP contribution in [0.4, 0.5) is 16.4 Å². The minimum absolute atomic E-state index is 0.103. The highest BCUT2D eigenvalue weighted by Crippen LogP contribution is 2.41. The first kappa shape index (κ1) is 27.5. The zero-order chi connectivity index (χ0) is 26.4. The van der Waals surface area contributed by atoms with E-state index in [1.54, 1.807) is 23.3 Å². The first-order chi connectivity index (χ1) is 17.8. The lowest BCUT2D eigenvalue weighted by atomic mass is 9.86. The maximum atomic E-state index is 11.9. The van der Waals surface area contributed by atoms with Gasteiger partial charge in [0.05, 0.1) is 16.0 Å². The minimum atomic E-state index is -0.313. The molecule has 1 aliphatic rings. The Hall–Kier alpha value is -2.56. The number of nitrogens with zero attached hydrogens (tertiary/aromatic N) is 3. The van der Waals surface area contributed by atoms with Gasteiger partial charge in [0.15, 0.2) is 0 Å². The molecule has 1 aromatic carbocycles. The number of aromatic nitrogens is 3. The Bertz CT molecular complexity index is 1170. The van der Waals surface area contributed by atoms with Gasteiger partial charge in [-0.2, -0.15) is 0 Å². The van der Waals surface area contributed by atoms with E-state index in [9.17, 15) is 4.79 Å². The predicted molar refractivity (Wildman–Crippen MR) is 153 cm³/mol. The van der Waals surface area contributed by atoms with Gasteiger partial charge < -0.3 is 19.9 Å². The summed E-state index contributed by atoms with van der Waals surface area (Å²) in [5.74, 6) is 1.27. The van der Waals surface area contributed by atoms with Gasteiger partial charge in [0.1, 0.15) is 0 Å². The van der Waals surface area contributed by atoms with Crippen LogP contribution in [0.1, 0.15) is 77.3 Å². The fourth-order valence-corrected chi connectivity index (χ4v) is 6.46. The Morgan fingerprint density at radius 1 is 1.19 bits per heavy atom. The number of thiazole rings is 1. The van der Waals surface area contributed by atoms with Gasteiger partial charge in [-0.1, -0.05) is 13.0 Å². The molecule has 0 saturated heterocycles. The molecule has 0 aliphatic heterocycles. The van der Waals surface area contributed by atoms with E-state index >= 15 is 0 Å². The second kappa shape index (κ2) is 12.8. The summed E-state index contributed by atoms with van der Waals surface area (Å²) in [4.78, 5) is 23.6. The zero-order valence-corrected chi connectivity index (χ0v) is 23.9. The van der Waals surface area contributed by atoms with E-state index in [-0.39, 0.29) is 18.2 Å². The van der Waals surface area contributed by atoms with Crippen LogP contribution in [-0.4, -0.2) is 39.3 Å². The third kappa shape index (κ3) is 7.27. The van der Waals surface area contributed by atoms with Gasteiger partial charge in [-0.05, 0) is 77.5 Å². The van der Waals surface area contributed by atoms with Crippen LogP contribution in [0.25, 0.3) is 10.4 Å². The van der Waals surface area contributed by atoms with E-state index < -0.39 is 0 Å². The number of amides is 1. The standard InChI is InChI=1S/C27H38N6O2S2/c1-6-30-37-23-15-21(31-26-28-13-14-33(26)17(2)3)11-12-22(23)24-16-29-25(36-24)19-7-9-20(10-8-19)32-27(34)35-18(4)5/h11-20,30H,6-10H2,1-5H3,(H,28,31)(H,32,34). The van der Waals surface area contributed by atoms with Gasteiger partial charge in [0, 0.05) is 59.3 Å². The van der Waals surface area contributed by atoms with Crippen molar-refractivity contribution in [2.24, 2.45) is 0 Å². The summed E-state index contributed by atoms with van der Waals surface area (Å²) in [7, 11) is 0. The fourth-order valence-electron chi connectivity index (χ4n) is 4.49. The molecule has 2 heterocycles. The third-order valence-electron chi connectivity index (χ3n) is 6.32. The summed E-state index contributed by atoms with van der Waals surface area (Å²) < 4.78 is 10.8. The van der Waals surface area contributed by atoms with Crippen molar-refractivity contribution >= 4 is 41.0 Å². The SMILES string of the molecule is CCNSc1cc(Nc2nccn2C(C)C)ccc1-c1cnc(C2CCC(NC(=O)OC(C)C)CC2)s1. The zero-order valence-electron chi connectivity index (χ0n) is 22.3. The Kier molecular flexibility index (Phi) is 9.50. The van der Waals surface area contributed by atoms with Crippen LogP contribution in [-0.2, 0) is 4.74 Å². The largest absolute Gasteiger partial charge is 0.447 e. The van der Waals surface area contributed by atoms with Crippen molar-refractivity contribution in [2.45, 2.75) is 89.3 Å².